The van der Waals surface area contributed by atoms with Crippen LogP contribution >= 0.6 is 0 Å². The number of nitrogens with two attached hydrogens (primary N) is 1. The van der Waals surface area contributed by atoms with Gasteiger partial charge in [-0.05, 0) is 24.3 Å². The lowest BCUT2D eigenvalue weighted by atomic mass is 10.1. The van der Waals surface area contributed by atoms with Gasteiger partial charge in [0, 0.05) is 6.20 Å². The fourth-order valence-electron chi connectivity index (χ4n) is 1.69. The van der Waals surface area contributed by atoms with Gasteiger partial charge in [-0.25, -0.2) is 9.48 Å². The molecule has 0 spiro atoms. The highest BCUT2D eigenvalue weighted by Crippen LogP contribution is 2.34. The molecule has 1 aromatic heterocycles. The third kappa shape index (κ3) is 2.86. The van der Waals surface area contributed by atoms with Gasteiger partial charge in [0.2, 0.25) is 0 Å². The van der Waals surface area contributed by atoms with E-state index in [1.165, 1.54) is 0 Å². The Morgan fingerprint density at radius 2 is 1.90 bits per heavy atom. The Morgan fingerprint density at radius 1 is 1.24 bits per heavy atom. The van der Waals surface area contributed by atoms with E-state index >= 15 is 0 Å². The van der Waals surface area contributed by atoms with E-state index in [4.69, 9.17) is 10.8 Å². The number of carbonyl (C=O) groups excluding carboxylic acids is 1. The van der Waals surface area contributed by atoms with Gasteiger partial charge in [0.05, 0.1) is 16.8 Å². The predicted octanol–water partition coefficient (Wildman–Crippen LogP) is 1.69. The molecule has 0 bridgehead atoms. The highest BCUT2D eigenvalue weighted by atomic mass is 19.4. The molecular weight excluding hydrogens is 291 g/mol. The molecule has 1 amide bonds. The average molecular weight is 299 g/mol. The lowest BCUT2D eigenvalue weighted by Crippen LogP contribution is -2.15. The number of amides is 1. The summed E-state index contributed by atoms with van der Waals surface area (Å²) in [6.07, 6.45) is -3.65. The van der Waals surface area contributed by atoms with Crippen LogP contribution in [0.4, 0.5) is 13.2 Å². The first-order valence-electron chi connectivity index (χ1n) is 5.50. The van der Waals surface area contributed by atoms with Crippen LogP contribution in [0.15, 0.2) is 30.5 Å². The number of primary amides is 1. The Kier molecular flexibility index (Phi) is 3.42. The summed E-state index contributed by atoms with van der Waals surface area (Å²) in [7, 11) is 0. The highest BCUT2D eigenvalue weighted by molar-refractivity contribution is 5.90. The topological polar surface area (TPSA) is 98.2 Å². The third-order valence-electron chi connectivity index (χ3n) is 2.64. The van der Waals surface area contributed by atoms with E-state index in [1.807, 2.05) is 0 Å². The monoisotopic (exact) mass is 299 g/mol. The lowest BCUT2D eigenvalue weighted by Gasteiger charge is -2.13. The van der Waals surface area contributed by atoms with Crippen molar-refractivity contribution in [3.05, 3.63) is 47.3 Å². The van der Waals surface area contributed by atoms with Crippen LogP contribution in [0, 0.1) is 0 Å². The van der Waals surface area contributed by atoms with Crippen LogP contribution in [0.3, 0.4) is 0 Å². The van der Waals surface area contributed by atoms with Gasteiger partial charge in [0.25, 0.3) is 5.91 Å². The summed E-state index contributed by atoms with van der Waals surface area (Å²) in [5.41, 5.74) is 2.69. The second-order valence-electron chi connectivity index (χ2n) is 4.04. The minimum absolute atomic E-state index is 0.203. The average Bonchev–Trinajstić information content (AvgIpc) is 2.86. The van der Waals surface area contributed by atoms with Crippen LogP contribution in [0.5, 0.6) is 0 Å². The molecule has 6 nitrogen and oxygen atoms in total. The summed E-state index contributed by atoms with van der Waals surface area (Å²) >= 11 is 0. The molecule has 9 heteroatoms. The van der Waals surface area contributed by atoms with Crippen LogP contribution in [-0.2, 0) is 6.18 Å². The van der Waals surface area contributed by atoms with Gasteiger partial charge >= 0.3 is 12.1 Å². The Balaban J connectivity index is 2.61. The van der Waals surface area contributed by atoms with E-state index in [1.54, 1.807) is 0 Å². The minimum Gasteiger partial charge on any atom is -0.478 e. The number of carbonyl (C=O) groups is 2. The molecule has 0 fully saturated rings. The number of rotatable bonds is 3. The fourth-order valence-corrected chi connectivity index (χ4v) is 1.69. The van der Waals surface area contributed by atoms with E-state index in [9.17, 15) is 22.8 Å². The molecule has 0 saturated heterocycles. The molecule has 0 aliphatic rings. The van der Waals surface area contributed by atoms with Crippen molar-refractivity contribution in [2.45, 2.75) is 6.18 Å². The third-order valence-corrected chi connectivity index (χ3v) is 2.64. The molecule has 110 valence electrons. The smallest absolute Gasteiger partial charge is 0.418 e. The first-order valence-corrected chi connectivity index (χ1v) is 5.50. The van der Waals surface area contributed by atoms with Gasteiger partial charge in [0.1, 0.15) is 5.69 Å². The van der Waals surface area contributed by atoms with Crippen LogP contribution in [0.2, 0.25) is 0 Å². The maximum Gasteiger partial charge on any atom is 0.418 e. The van der Waals surface area contributed by atoms with Crippen molar-refractivity contribution in [3.63, 3.8) is 0 Å². The van der Waals surface area contributed by atoms with Crippen molar-refractivity contribution in [1.82, 2.24) is 9.78 Å². The maximum atomic E-state index is 13.0. The molecule has 0 saturated carbocycles. The van der Waals surface area contributed by atoms with Gasteiger partial charge in [-0.1, -0.05) is 0 Å². The largest absolute Gasteiger partial charge is 0.478 e. The summed E-state index contributed by atoms with van der Waals surface area (Å²) < 4.78 is 39.9. The van der Waals surface area contributed by atoms with Gasteiger partial charge < -0.3 is 10.8 Å². The SMILES string of the molecule is NC(=O)c1ccn(-c2ccc(C(=O)O)cc2C(F)(F)F)n1. The molecular formula is C12H8F3N3O3. The van der Waals surface area contributed by atoms with E-state index in [0.717, 1.165) is 29.1 Å². The number of carboxylic acid groups (broad SMARTS) is 1. The Hall–Kier alpha value is -2.84. The number of halogens is 3. The van der Waals surface area contributed by atoms with Crippen LogP contribution in [-0.4, -0.2) is 26.8 Å². The maximum absolute atomic E-state index is 13.0. The van der Waals surface area contributed by atoms with Crippen molar-refractivity contribution in [2.24, 2.45) is 5.73 Å². The van der Waals surface area contributed by atoms with Crippen molar-refractivity contribution >= 4 is 11.9 Å². The molecule has 3 N–H and O–H groups in total. The van der Waals surface area contributed by atoms with Crippen molar-refractivity contribution in [1.29, 1.82) is 0 Å². The number of carboxylic acids is 1. The lowest BCUT2D eigenvalue weighted by molar-refractivity contribution is -0.137. The number of aromatic carboxylic acids is 1. The quantitative estimate of drug-likeness (QED) is 0.901. The zero-order valence-electron chi connectivity index (χ0n) is 10.3. The first-order chi connectivity index (χ1) is 9.70. The van der Waals surface area contributed by atoms with Gasteiger partial charge in [-0.15, -0.1) is 0 Å². The van der Waals surface area contributed by atoms with Crippen molar-refractivity contribution in [2.75, 3.05) is 0 Å². The second kappa shape index (κ2) is 4.93. The van der Waals surface area contributed by atoms with E-state index in [-0.39, 0.29) is 5.69 Å². The molecule has 0 radical (unpaired) electrons. The fraction of sp³-hybridized carbons (Fsp3) is 0.0833. The van der Waals surface area contributed by atoms with Gasteiger partial charge in [-0.2, -0.15) is 18.3 Å². The normalized spacial score (nSPS) is 11.4. The number of aromatic nitrogens is 2. The molecule has 0 atom stereocenters. The van der Waals surface area contributed by atoms with Crippen LogP contribution in [0.25, 0.3) is 5.69 Å². The van der Waals surface area contributed by atoms with Crippen molar-refractivity contribution in [3.8, 4) is 5.69 Å². The van der Waals surface area contributed by atoms with E-state index < -0.39 is 34.9 Å². The summed E-state index contributed by atoms with van der Waals surface area (Å²) in [5.74, 6) is -2.37. The van der Waals surface area contributed by atoms with Crippen molar-refractivity contribution < 1.29 is 27.9 Å². The molecule has 2 aromatic rings. The van der Waals surface area contributed by atoms with Crippen LogP contribution in [0.1, 0.15) is 26.4 Å². The summed E-state index contributed by atoms with van der Waals surface area (Å²) in [6.45, 7) is 0. The molecule has 2 rings (SSSR count). The summed E-state index contributed by atoms with van der Waals surface area (Å²) in [6, 6.07) is 3.64. The number of hydrogen-bond acceptors (Lipinski definition) is 3. The van der Waals surface area contributed by atoms with Gasteiger partial charge in [0.15, 0.2) is 0 Å². The summed E-state index contributed by atoms with van der Waals surface area (Å²) in [5, 5.41) is 12.4. The predicted molar refractivity (Wildman–Crippen MR) is 64.0 cm³/mol. The standard InChI is InChI=1S/C12H8F3N3O3/c13-12(14,15)7-5-6(11(20)21)1-2-9(7)18-4-3-8(17-18)10(16)19/h1-5H,(H2,16,19)(H,20,21). The molecule has 21 heavy (non-hydrogen) atoms. The van der Waals surface area contributed by atoms with Crippen LogP contribution < -0.4 is 5.73 Å². The second-order valence-corrected chi connectivity index (χ2v) is 4.04. The highest BCUT2D eigenvalue weighted by Gasteiger charge is 2.35. The Bertz CT molecular complexity index is 722. The molecule has 0 aliphatic heterocycles. The van der Waals surface area contributed by atoms with E-state index in [0.29, 0.717) is 6.07 Å². The Morgan fingerprint density at radius 3 is 2.38 bits per heavy atom. The minimum atomic E-state index is -4.78. The number of hydrogen-bond donors (Lipinski definition) is 2. The zero-order chi connectivity index (χ0) is 15.8. The first kappa shape index (κ1) is 14.6. The zero-order valence-corrected chi connectivity index (χ0v) is 10.3. The molecule has 1 aromatic carbocycles. The molecule has 0 aliphatic carbocycles. The van der Waals surface area contributed by atoms with Gasteiger partial charge in [-0.3, -0.25) is 4.79 Å². The number of benzene rings is 1. The number of alkyl halides is 3. The Labute approximate surface area is 115 Å². The molecule has 0 unspecified atom stereocenters. The van der Waals surface area contributed by atoms with E-state index in [2.05, 4.69) is 5.10 Å². The molecule has 1 heterocycles. The number of nitrogens with zero attached hydrogens (tertiary/aromatic N) is 2. The summed E-state index contributed by atoms with van der Waals surface area (Å²) in [4.78, 5) is 21.7.